The molecule has 0 spiro atoms. The molecule has 1 aromatic rings. The maximum absolute atomic E-state index is 12.9. The Morgan fingerprint density at radius 3 is 2.36 bits per heavy atom. The Hall–Kier alpha value is -1.77. The van der Waals surface area contributed by atoms with Crippen LogP contribution in [0.1, 0.15) is 5.56 Å². The second-order valence-corrected chi connectivity index (χ2v) is 2.40. The SMILES string of the molecule is N#CN(F)C(F)(F)c1ccccc1F. The van der Waals surface area contributed by atoms with Crippen molar-refractivity contribution < 1.29 is 17.7 Å². The molecule has 0 amide bonds. The number of nitrogens with zero attached hydrogens (tertiary/aromatic N) is 2. The molecule has 14 heavy (non-hydrogen) atoms. The minimum atomic E-state index is -4.28. The monoisotopic (exact) mass is 204 g/mol. The average molecular weight is 204 g/mol. The molecule has 0 saturated heterocycles. The summed E-state index contributed by atoms with van der Waals surface area (Å²) in [4.78, 5) is 0. The molecule has 0 aliphatic rings. The van der Waals surface area contributed by atoms with E-state index in [1.54, 1.807) is 0 Å². The third-order valence-corrected chi connectivity index (χ3v) is 1.53. The van der Waals surface area contributed by atoms with Crippen molar-refractivity contribution in [3.8, 4) is 6.19 Å². The predicted octanol–water partition coefficient (Wildman–Crippen LogP) is 2.54. The third kappa shape index (κ3) is 1.62. The van der Waals surface area contributed by atoms with Crippen molar-refractivity contribution in [3.63, 3.8) is 0 Å². The van der Waals surface area contributed by atoms with E-state index in [2.05, 4.69) is 0 Å². The van der Waals surface area contributed by atoms with E-state index in [1.165, 1.54) is 6.07 Å². The van der Waals surface area contributed by atoms with E-state index in [9.17, 15) is 17.7 Å². The van der Waals surface area contributed by atoms with E-state index >= 15 is 0 Å². The van der Waals surface area contributed by atoms with Crippen LogP contribution >= 0.6 is 0 Å². The first-order chi connectivity index (χ1) is 6.50. The maximum atomic E-state index is 12.9. The van der Waals surface area contributed by atoms with Gasteiger partial charge in [-0.05, 0) is 12.1 Å². The molecule has 0 unspecified atom stereocenters. The summed E-state index contributed by atoms with van der Waals surface area (Å²) in [6.07, 6.45) is 0.581. The fourth-order valence-corrected chi connectivity index (χ4v) is 0.874. The van der Waals surface area contributed by atoms with Gasteiger partial charge >= 0.3 is 6.05 Å². The van der Waals surface area contributed by atoms with Crippen molar-refractivity contribution in [3.05, 3.63) is 35.6 Å². The summed E-state index contributed by atoms with van der Waals surface area (Å²) in [5, 5.41) is 6.52. The molecule has 0 aliphatic heterocycles. The summed E-state index contributed by atoms with van der Waals surface area (Å²) >= 11 is 0. The van der Waals surface area contributed by atoms with Crippen molar-refractivity contribution in [2.75, 3.05) is 0 Å². The van der Waals surface area contributed by atoms with Gasteiger partial charge in [0.15, 0.2) is 0 Å². The van der Waals surface area contributed by atoms with Gasteiger partial charge in [0.25, 0.3) is 0 Å². The summed E-state index contributed by atoms with van der Waals surface area (Å²) in [7, 11) is 0. The van der Waals surface area contributed by atoms with Crippen molar-refractivity contribution in [1.29, 1.82) is 5.26 Å². The van der Waals surface area contributed by atoms with Crippen molar-refractivity contribution >= 4 is 0 Å². The first-order valence-electron chi connectivity index (χ1n) is 3.48. The van der Waals surface area contributed by atoms with Gasteiger partial charge in [-0.3, -0.25) is 0 Å². The molecule has 1 aromatic carbocycles. The molecule has 0 aromatic heterocycles. The second kappa shape index (κ2) is 3.54. The zero-order chi connectivity index (χ0) is 10.8. The third-order valence-electron chi connectivity index (χ3n) is 1.53. The minimum Gasteiger partial charge on any atom is -0.206 e. The molecule has 0 saturated carbocycles. The smallest absolute Gasteiger partial charge is 0.206 e. The molecule has 0 radical (unpaired) electrons. The van der Waals surface area contributed by atoms with Crippen LogP contribution in [0.15, 0.2) is 24.3 Å². The summed E-state index contributed by atoms with van der Waals surface area (Å²) in [6.45, 7) is 0. The van der Waals surface area contributed by atoms with Crippen LogP contribution in [0.25, 0.3) is 0 Å². The van der Waals surface area contributed by atoms with Gasteiger partial charge in [0.05, 0.1) is 5.56 Å². The van der Waals surface area contributed by atoms with Gasteiger partial charge in [0.1, 0.15) is 5.82 Å². The Morgan fingerprint density at radius 2 is 1.86 bits per heavy atom. The highest BCUT2D eigenvalue weighted by Gasteiger charge is 2.42. The number of nitriles is 1. The Kier molecular flexibility index (Phi) is 2.60. The van der Waals surface area contributed by atoms with E-state index in [4.69, 9.17) is 5.26 Å². The van der Waals surface area contributed by atoms with Gasteiger partial charge < -0.3 is 0 Å². The van der Waals surface area contributed by atoms with Crippen LogP contribution in [0.2, 0.25) is 0 Å². The average Bonchev–Trinajstić information content (AvgIpc) is 2.17. The Bertz CT molecular complexity index is 372. The normalized spacial score (nSPS) is 10.8. The molecule has 0 heterocycles. The molecular formula is C8H4F4N2. The van der Waals surface area contributed by atoms with Crippen LogP contribution in [0.5, 0.6) is 0 Å². The highest BCUT2D eigenvalue weighted by Crippen LogP contribution is 2.33. The summed E-state index contributed by atoms with van der Waals surface area (Å²) in [5.41, 5.74) is -1.18. The molecule has 74 valence electrons. The van der Waals surface area contributed by atoms with Crippen molar-refractivity contribution in [1.82, 2.24) is 5.12 Å². The predicted molar refractivity (Wildman–Crippen MR) is 38.9 cm³/mol. The van der Waals surface area contributed by atoms with Crippen molar-refractivity contribution in [2.45, 2.75) is 6.05 Å². The summed E-state index contributed by atoms with van der Waals surface area (Å²) in [6, 6.07) is -0.505. The van der Waals surface area contributed by atoms with Crippen LogP contribution < -0.4 is 0 Å². The van der Waals surface area contributed by atoms with E-state index in [-0.39, 0.29) is 0 Å². The highest BCUT2D eigenvalue weighted by atomic mass is 19.3. The number of benzene rings is 1. The van der Waals surface area contributed by atoms with Crippen LogP contribution in [-0.2, 0) is 6.05 Å². The molecule has 6 heteroatoms. The van der Waals surface area contributed by atoms with E-state index < -0.39 is 22.5 Å². The van der Waals surface area contributed by atoms with Gasteiger partial charge in [0.2, 0.25) is 6.19 Å². The molecule has 0 atom stereocenters. The molecule has 2 nitrogen and oxygen atoms in total. The Morgan fingerprint density at radius 1 is 1.29 bits per heavy atom. The van der Waals surface area contributed by atoms with Crippen LogP contribution in [-0.4, -0.2) is 5.12 Å². The zero-order valence-electron chi connectivity index (χ0n) is 6.72. The number of halogens is 4. The fourth-order valence-electron chi connectivity index (χ4n) is 0.874. The molecule has 1 rings (SSSR count). The Balaban J connectivity index is 3.17. The molecule has 0 aliphatic carbocycles. The number of hydrogen-bond donors (Lipinski definition) is 0. The molecule has 0 fully saturated rings. The molecule has 0 N–H and O–H groups in total. The van der Waals surface area contributed by atoms with Gasteiger partial charge in [0, 0.05) is 0 Å². The lowest BCUT2D eigenvalue weighted by Gasteiger charge is -2.18. The number of alkyl halides is 2. The van der Waals surface area contributed by atoms with Gasteiger partial charge in [-0.25, -0.2) is 4.39 Å². The summed E-state index contributed by atoms with van der Waals surface area (Å²) in [5.74, 6) is -1.27. The largest absolute Gasteiger partial charge is 0.389 e. The molecule has 0 bridgehead atoms. The van der Waals surface area contributed by atoms with Gasteiger partial charge in [-0.1, -0.05) is 21.7 Å². The van der Waals surface area contributed by atoms with Gasteiger partial charge in [-0.15, -0.1) is 0 Å². The number of hydrogen-bond acceptors (Lipinski definition) is 2. The van der Waals surface area contributed by atoms with E-state index in [0.717, 1.165) is 12.1 Å². The number of rotatable bonds is 2. The highest BCUT2D eigenvalue weighted by molar-refractivity contribution is 5.21. The summed E-state index contributed by atoms with van der Waals surface area (Å²) < 4.78 is 50.9. The quantitative estimate of drug-likeness (QED) is 0.243. The van der Waals surface area contributed by atoms with Gasteiger partial charge in [-0.2, -0.15) is 14.0 Å². The lowest BCUT2D eigenvalue weighted by Crippen LogP contribution is -2.29. The van der Waals surface area contributed by atoms with Crippen LogP contribution in [0.3, 0.4) is 0 Å². The maximum Gasteiger partial charge on any atom is 0.389 e. The standard InChI is InChI=1S/C8H4F4N2/c9-7-4-2-1-3-6(7)8(10,11)14(12)5-13/h1-4H. The van der Waals surface area contributed by atoms with E-state index in [1.807, 2.05) is 0 Å². The van der Waals surface area contributed by atoms with Crippen LogP contribution in [0, 0.1) is 17.3 Å². The molecular weight excluding hydrogens is 200 g/mol. The van der Waals surface area contributed by atoms with Crippen molar-refractivity contribution in [2.24, 2.45) is 0 Å². The lowest BCUT2D eigenvalue weighted by atomic mass is 10.2. The zero-order valence-corrected chi connectivity index (χ0v) is 6.72. The lowest BCUT2D eigenvalue weighted by molar-refractivity contribution is -0.210. The fraction of sp³-hybridized carbons (Fsp3) is 0.125. The first kappa shape index (κ1) is 10.3. The minimum absolute atomic E-state index is 0.581. The van der Waals surface area contributed by atoms with Crippen LogP contribution in [0.4, 0.5) is 17.7 Å². The topological polar surface area (TPSA) is 27.0 Å². The van der Waals surface area contributed by atoms with E-state index in [0.29, 0.717) is 12.3 Å². The first-order valence-corrected chi connectivity index (χ1v) is 3.48. The second-order valence-electron chi connectivity index (χ2n) is 2.40. The Labute approximate surface area is 76.9 Å².